The van der Waals surface area contributed by atoms with Gasteiger partial charge in [0.1, 0.15) is 0 Å². The van der Waals surface area contributed by atoms with Crippen molar-refractivity contribution in [1.82, 2.24) is 15.0 Å². The molecule has 7 nitrogen and oxygen atoms in total. The largest absolute Gasteiger partial charge is 0.382 e. The third kappa shape index (κ3) is 5.06. The van der Waals surface area contributed by atoms with Gasteiger partial charge in [0.2, 0.25) is 17.2 Å². The van der Waals surface area contributed by atoms with Crippen molar-refractivity contribution in [2.75, 3.05) is 44.5 Å². The lowest BCUT2D eigenvalue weighted by molar-refractivity contribution is 0.0759. The Kier molecular flexibility index (Phi) is 5.76. The van der Waals surface area contributed by atoms with E-state index in [9.17, 15) is 0 Å². The summed E-state index contributed by atoms with van der Waals surface area (Å²) in [6.45, 7) is 2.21. The van der Waals surface area contributed by atoms with Crippen molar-refractivity contribution in [3.05, 3.63) is 5.28 Å². The Bertz CT molecular complexity index is 305. The molecule has 0 aliphatic carbocycles. The maximum absolute atomic E-state index is 5.60. The summed E-state index contributed by atoms with van der Waals surface area (Å²) in [6.07, 6.45) is 0. The number of anilines is 2. The van der Waals surface area contributed by atoms with Crippen LogP contribution in [0.5, 0.6) is 0 Å². The van der Waals surface area contributed by atoms with Crippen LogP contribution in [0.1, 0.15) is 0 Å². The highest BCUT2D eigenvalue weighted by Crippen LogP contribution is 2.05. The first-order valence-corrected chi connectivity index (χ1v) is 5.08. The first-order chi connectivity index (χ1) is 7.72. The predicted molar refractivity (Wildman–Crippen MR) is 60.4 cm³/mol. The number of rotatable bonds is 7. The number of hydrogen-bond acceptors (Lipinski definition) is 7. The number of hydrogen-bond donors (Lipinski definition) is 2. The van der Waals surface area contributed by atoms with Crippen LogP contribution < -0.4 is 11.1 Å². The molecule has 0 aliphatic rings. The first-order valence-electron chi connectivity index (χ1n) is 4.70. The van der Waals surface area contributed by atoms with Crippen LogP contribution in [0.15, 0.2) is 0 Å². The zero-order chi connectivity index (χ0) is 11.8. The Labute approximate surface area is 98.3 Å². The SMILES string of the molecule is COCCOCCNc1nc(N)nc(Cl)n1. The highest BCUT2D eigenvalue weighted by molar-refractivity contribution is 6.28. The molecule has 0 fully saturated rings. The highest BCUT2D eigenvalue weighted by Gasteiger charge is 2.00. The molecule has 1 aromatic heterocycles. The number of methoxy groups -OCH3 is 1. The van der Waals surface area contributed by atoms with Crippen molar-refractivity contribution < 1.29 is 9.47 Å². The van der Waals surface area contributed by atoms with Gasteiger partial charge in [0.05, 0.1) is 19.8 Å². The van der Waals surface area contributed by atoms with Gasteiger partial charge in [-0.05, 0) is 11.6 Å². The molecule has 3 N–H and O–H groups in total. The average Bonchev–Trinajstić information content (AvgIpc) is 2.22. The summed E-state index contributed by atoms with van der Waals surface area (Å²) < 4.78 is 10.1. The molecule has 0 aromatic carbocycles. The Morgan fingerprint density at radius 3 is 2.75 bits per heavy atom. The fraction of sp³-hybridized carbons (Fsp3) is 0.625. The lowest BCUT2D eigenvalue weighted by atomic mass is 10.6. The van der Waals surface area contributed by atoms with Gasteiger partial charge in [0, 0.05) is 13.7 Å². The molecule has 0 spiro atoms. The molecular weight excluding hydrogens is 234 g/mol. The number of aromatic nitrogens is 3. The van der Waals surface area contributed by atoms with Crippen molar-refractivity contribution in [2.24, 2.45) is 0 Å². The molecule has 8 heteroatoms. The topological polar surface area (TPSA) is 95.2 Å². The van der Waals surface area contributed by atoms with E-state index in [1.54, 1.807) is 7.11 Å². The smallest absolute Gasteiger partial charge is 0.228 e. The van der Waals surface area contributed by atoms with E-state index in [2.05, 4.69) is 20.3 Å². The van der Waals surface area contributed by atoms with E-state index in [1.807, 2.05) is 0 Å². The van der Waals surface area contributed by atoms with Gasteiger partial charge in [-0.1, -0.05) is 0 Å². The number of ether oxygens (including phenoxy) is 2. The molecule has 1 aromatic rings. The molecule has 1 rings (SSSR count). The number of nitrogens with zero attached hydrogens (tertiary/aromatic N) is 3. The Morgan fingerprint density at radius 1 is 1.25 bits per heavy atom. The summed E-state index contributed by atoms with van der Waals surface area (Å²) in [5, 5.41) is 2.98. The number of nitrogen functional groups attached to an aromatic ring is 1. The van der Waals surface area contributed by atoms with Crippen LogP contribution in [0.3, 0.4) is 0 Å². The maximum Gasteiger partial charge on any atom is 0.228 e. The van der Waals surface area contributed by atoms with Crippen molar-refractivity contribution >= 4 is 23.5 Å². The molecule has 16 heavy (non-hydrogen) atoms. The molecule has 0 saturated heterocycles. The molecule has 90 valence electrons. The third-order valence-corrected chi connectivity index (χ3v) is 1.76. The third-order valence-electron chi connectivity index (χ3n) is 1.59. The molecule has 0 amide bonds. The summed E-state index contributed by atoms with van der Waals surface area (Å²) >= 11 is 5.60. The molecule has 0 atom stereocenters. The summed E-state index contributed by atoms with van der Waals surface area (Å²) in [7, 11) is 1.62. The molecule has 0 aliphatic heterocycles. The van der Waals surface area contributed by atoms with E-state index in [1.165, 1.54) is 0 Å². The van der Waals surface area contributed by atoms with Crippen LogP contribution in [0.25, 0.3) is 0 Å². The van der Waals surface area contributed by atoms with E-state index >= 15 is 0 Å². The molecule has 0 saturated carbocycles. The monoisotopic (exact) mass is 247 g/mol. The maximum atomic E-state index is 5.60. The number of halogens is 1. The molecule has 0 bridgehead atoms. The van der Waals surface area contributed by atoms with Crippen LogP contribution in [0.4, 0.5) is 11.9 Å². The quantitative estimate of drug-likeness (QED) is 0.664. The van der Waals surface area contributed by atoms with Gasteiger partial charge in [0.15, 0.2) is 0 Å². The second-order valence-corrected chi connectivity index (χ2v) is 3.16. The Hall–Kier alpha value is -1.18. The lowest BCUT2D eigenvalue weighted by Crippen LogP contribution is -2.14. The Morgan fingerprint density at radius 2 is 2.06 bits per heavy atom. The minimum absolute atomic E-state index is 0.0651. The molecule has 0 radical (unpaired) electrons. The van der Waals surface area contributed by atoms with E-state index in [-0.39, 0.29) is 11.2 Å². The molecular formula is C8H14ClN5O2. The van der Waals surface area contributed by atoms with Gasteiger partial charge in [-0.15, -0.1) is 0 Å². The van der Waals surface area contributed by atoms with Crippen LogP contribution in [-0.2, 0) is 9.47 Å². The van der Waals surface area contributed by atoms with Gasteiger partial charge in [0.25, 0.3) is 0 Å². The van der Waals surface area contributed by atoms with Crippen LogP contribution in [-0.4, -0.2) is 48.4 Å². The van der Waals surface area contributed by atoms with Crippen LogP contribution >= 0.6 is 11.6 Å². The fourth-order valence-electron chi connectivity index (χ4n) is 0.924. The van der Waals surface area contributed by atoms with Crippen molar-refractivity contribution in [3.8, 4) is 0 Å². The van der Waals surface area contributed by atoms with Gasteiger partial charge in [-0.2, -0.15) is 15.0 Å². The minimum Gasteiger partial charge on any atom is -0.382 e. The van der Waals surface area contributed by atoms with Gasteiger partial charge < -0.3 is 20.5 Å². The average molecular weight is 248 g/mol. The summed E-state index contributed by atoms with van der Waals surface area (Å²) in [5.41, 5.74) is 5.39. The van der Waals surface area contributed by atoms with Crippen LogP contribution in [0, 0.1) is 0 Å². The Balaban J connectivity index is 2.21. The zero-order valence-electron chi connectivity index (χ0n) is 8.94. The molecule has 1 heterocycles. The molecule has 0 unspecified atom stereocenters. The van der Waals surface area contributed by atoms with Crippen molar-refractivity contribution in [2.45, 2.75) is 0 Å². The second-order valence-electron chi connectivity index (χ2n) is 2.82. The van der Waals surface area contributed by atoms with Gasteiger partial charge >= 0.3 is 0 Å². The highest BCUT2D eigenvalue weighted by atomic mass is 35.5. The van der Waals surface area contributed by atoms with Crippen LogP contribution in [0.2, 0.25) is 5.28 Å². The standard InChI is InChI=1S/C8H14ClN5O2/c1-15-4-5-16-3-2-11-8-13-6(9)12-7(10)14-8/h2-5H2,1H3,(H3,10,11,12,13,14). The summed E-state index contributed by atoms with van der Waals surface area (Å²) in [6, 6.07) is 0. The number of nitrogens with two attached hydrogens (primary N) is 1. The lowest BCUT2D eigenvalue weighted by Gasteiger charge is -2.06. The van der Waals surface area contributed by atoms with Gasteiger partial charge in [-0.25, -0.2) is 0 Å². The summed E-state index contributed by atoms with van der Waals surface area (Å²) in [5.74, 6) is 0.427. The fourth-order valence-corrected chi connectivity index (χ4v) is 1.09. The van der Waals surface area contributed by atoms with E-state index in [4.69, 9.17) is 26.8 Å². The normalized spacial score (nSPS) is 10.4. The van der Waals surface area contributed by atoms with Crippen molar-refractivity contribution in [1.29, 1.82) is 0 Å². The van der Waals surface area contributed by atoms with E-state index < -0.39 is 0 Å². The summed E-state index contributed by atoms with van der Waals surface area (Å²) in [4.78, 5) is 11.3. The minimum atomic E-state index is 0.0651. The van der Waals surface area contributed by atoms with Gasteiger partial charge in [-0.3, -0.25) is 0 Å². The predicted octanol–water partition coefficient (Wildman–Crippen LogP) is 0.182. The van der Waals surface area contributed by atoms with E-state index in [0.29, 0.717) is 32.3 Å². The first kappa shape index (κ1) is 12.9. The second kappa shape index (κ2) is 7.15. The van der Waals surface area contributed by atoms with E-state index in [0.717, 1.165) is 0 Å². The number of nitrogens with one attached hydrogen (secondary N) is 1. The zero-order valence-corrected chi connectivity index (χ0v) is 9.70. The van der Waals surface area contributed by atoms with Crippen molar-refractivity contribution in [3.63, 3.8) is 0 Å².